The van der Waals surface area contributed by atoms with E-state index in [1.807, 2.05) is 0 Å². The lowest BCUT2D eigenvalue weighted by atomic mass is 9.87. The van der Waals surface area contributed by atoms with Gasteiger partial charge in [0.1, 0.15) is 0 Å². The van der Waals surface area contributed by atoms with E-state index in [-0.39, 0.29) is 5.54 Å². The molecule has 0 saturated carbocycles. The lowest BCUT2D eigenvalue weighted by Gasteiger charge is -2.43. The van der Waals surface area contributed by atoms with Crippen LogP contribution >= 0.6 is 0 Å². The molecule has 0 aliphatic carbocycles. The van der Waals surface area contributed by atoms with Crippen molar-refractivity contribution in [3.8, 4) is 0 Å². The summed E-state index contributed by atoms with van der Waals surface area (Å²) in [7, 11) is 2.25. The van der Waals surface area contributed by atoms with Crippen LogP contribution in [-0.2, 0) is 0 Å². The van der Waals surface area contributed by atoms with E-state index in [0.29, 0.717) is 0 Å². The fourth-order valence-corrected chi connectivity index (χ4v) is 4.23. The van der Waals surface area contributed by atoms with Crippen molar-refractivity contribution in [2.75, 3.05) is 39.8 Å². The van der Waals surface area contributed by atoms with Gasteiger partial charge in [-0.3, -0.25) is 4.90 Å². The summed E-state index contributed by atoms with van der Waals surface area (Å²) in [5.41, 5.74) is 6.56. The van der Waals surface area contributed by atoms with E-state index < -0.39 is 0 Å². The maximum Gasteiger partial charge on any atom is 0.0344 e. The molecular weight excluding hydrogens is 246 g/mol. The molecule has 0 spiro atoms. The zero-order chi connectivity index (χ0) is 14.6. The molecule has 2 unspecified atom stereocenters. The molecule has 0 bridgehead atoms. The minimum absolute atomic E-state index is 0.288. The van der Waals surface area contributed by atoms with Crippen molar-refractivity contribution in [2.24, 2.45) is 17.6 Å². The minimum Gasteiger partial charge on any atom is -0.329 e. The normalized spacial score (nSPS) is 35.0. The summed E-state index contributed by atoms with van der Waals surface area (Å²) in [6.07, 6.45) is 7.99. The lowest BCUT2D eigenvalue weighted by Crippen LogP contribution is -2.54. The summed E-state index contributed by atoms with van der Waals surface area (Å²) in [5, 5.41) is 0. The van der Waals surface area contributed by atoms with E-state index >= 15 is 0 Å². The van der Waals surface area contributed by atoms with Crippen molar-refractivity contribution in [3.05, 3.63) is 0 Å². The van der Waals surface area contributed by atoms with Gasteiger partial charge in [-0.1, -0.05) is 13.8 Å². The Hall–Kier alpha value is -0.120. The van der Waals surface area contributed by atoms with Crippen molar-refractivity contribution in [1.29, 1.82) is 0 Å². The van der Waals surface area contributed by atoms with Crippen molar-refractivity contribution < 1.29 is 0 Å². The van der Waals surface area contributed by atoms with E-state index in [9.17, 15) is 0 Å². The Morgan fingerprint density at radius 2 is 1.85 bits per heavy atom. The van der Waals surface area contributed by atoms with Crippen LogP contribution in [0.1, 0.15) is 52.4 Å². The van der Waals surface area contributed by atoms with Gasteiger partial charge in [-0.05, 0) is 83.6 Å². The fourth-order valence-electron chi connectivity index (χ4n) is 4.23. The molecule has 118 valence electrons. The highest BCUT2D eigenvalue weighted by Gasteiger charge is 2.37. The van der Waals surface area contributed by atoms with Gasteiger partial charge in [-0.2, -0.15) is 0 Å². The first-order valence-electron chi connectivity index (χ1n) is 8.71. The summed E-state index contributed by atoms with van der Waals surface area (Å²) in [5.74, 6) is 1.76. The van der Waals surface area contributed by atoms with Gasteiger partial charge in [0.15, 0.2) is 0 Å². The van der Waals surface area contributed by atoms with E-state index in [4.69, 9.17) is 5.73 Å². The minimum atomic E-state index is 0.288. The molecule has 2 saturated heterocycles. The first-order chi connectivity index (χ1) is 9.57. The van der Waals surface area contributed by atoms with Crippen LogP contribution in [0.15, 0.2) is 0 Å². The predicted molar refractivity (Wildman–Crippen MR) is 86.9 cm³/mol. The highest BCUT2D eigenvalue weighted by molar-refractivity contribution is 4.95. The van der Waals surface area contributed by atoms with Crippen molar-refractivity contribution in [3.63, 3.8) is 0 Å². The largest absolute Gasteiger partial charge is 0.329 e. The third-order valence-corrected chi connectivity index (χ3v) is 5.91. The summed E-state index contributed by atoms with van der Waals surface area (Å²) in [6, 6.07) is 0. The maximum atomic E-state index is 6.27. The zero-order valence-electron chi connectivity index (χ0n) is 13.9. The second-order valence-corrected chi connectivity index (χ2v) is 7.51. The average molecular weight is 281 g/mol. The Morgan fingerprint density at radius 1 is 1.05 bits per heavy atom. The summed E-state index contributed by atoms with van der Waals surface area (Å²) >= 11 is 0. The molecule has 2 atom stereocenters. The molecule has 0 aromatic rings. The molecule has 2 aliphatic heterocycles. The van der Waals surface area contributed by atoms with Gasteiger partial charge < -0.3 is 10.6 Å². The highest BCUT2D eigenvalue weighted by atomic mass is 15.2. The van der Waals surface area contributed by atoms with Crippen molar-refractivity contribution >= 4 is 0 Å². The fraction of sp³-hybridized carbons (Fsp3) is 1.00. The smallest absolute Gasteiger partial charge is 0.0344 e. The van der Waals surface area contributed by atoms with Crippen molar-refractivity contribution in [1.82, 2.24) is 9.80 Å². The van der Waals surface area contributed by atoms with E-state index in [0.717, 1.165) is 18.4 Å². The molecule has 3 nitrogen and oxygen atoms in total. The van der Waals surface area contributed by atoms with Gasteiger partial charge in [0.2, 0.25) is 0 Å². The average Bonchev–Trinajstić information content (AvgIpc) is 2.78. The Labute approximate surface area is 125 Å². The highest BCUT2D eigenvalue weighted by Crippen LogP contribution is 2.33. The quantitative estimate of drug-likeness (QED) is 0.863. The molecule has 2 heterocycles. The van der Waals surface area contributed by atoms with Crippen LogP contribution in [0.3, 0.4) is 0 Å². The van der Waals surface area contributed by atoms with Gasteiger partial charge in [0.05, 0.1) is 0 Å². The molecule has 2 rings (SSSR count). The second kappa shape index (κ2) is 7.24. The molecule has 0 aromatic heterocycles. The SMILES string of the molecule is CC(C)C1CCCN(C2(CN)CCCN(C)CC2)CC1. The summed E-state index contributed by atoms with van der Waals surface area (Å²) in [6.45, 7) is 10.6. The number of likely N-dealkylation sites (tertiary alicyclic amines) is 2. The number of rotatable bonds is 3. The molecule has 3 heteroatoms. The van der Waals surface area contributed by atoms with Crippen LogP contribution in [0.2, 0.25) is 0 Å². The third-order valence-electron chi connectivity index (χ3n) is 5.91. The molecule has 0 amide bonds. The summed E-state index contributed by atoms with van der Waals surface area (Å²) in [4.78, 5) is 5.25. The number of hydrogen-bond donors (Lipinski definition) is 1. The summed E-state index contributed by atoms with van der Waals surface area (Å²) < 4.78 is 0. The zero-order valence-corrected chi connectivity index (χ0v) is 13.9. The van der Waals surface area contributed by atoms with Crippen LogP contribution < -0.4 is 5.73 Å². The molecular formula is C17H35N3. The van der Waals surface area contributed by atoms with Crippen molar-refractivity contribution in [2.45, 2.75) is 57.9 Å². The maximum absolute atomic E-state index is 6.27. The van der Waals surface area contributed by atoms with E-state index in [1.165, 1.54) is 64.7 Å². The van der Waals surface area contributed by atoms with Gasteiger partial charge >= 0.3 is 0 Å². The standard InChI is InChI=1S/C17H35N3/c1-15(2)16-6-4-11-20(12-7-16)17(14-18)8-5-10-19(3)13-9-17/h15-16H,4-14,18H2,1-3H3. The number of nitrogens with zero attached hydrogens (tertiary/aromatic N) is 2. The Bertz CT molecular complexity index is 292. The Morgan fingerprint density at radius 3 is 2.55 bits per heavy atom. The predicted octanol–water partition coefficient (Wildman–Crippen LogP) is 2.56. The van der Waals surface area contributed by atoms with Gasteiger partial charge in [0.25, 0.3) is 0 Å². The van der Waals surface area contributed by atoms with Crippen LogP contribution in [0, 0.1) is 11.8 Å². The van der Waals surface area contributed by atoms with E-state index in [1.54, 1.807) is 0 Å². The molecule has 2 fully saturated rings. The lowest BCUT2D eigenvalue weighted by molar-refractivity contribution is 0.0804. The number of hydrogen-bond acceptors (Lipinski definition) is 3. The Kier molecular flexibility index (Phi) is 5.88. The van der Waals surface area contributed by atoms with Crippen LogP contribution in [0.25, 0.3) is 0 Å². The molecule has 2 N–H and O–H groups in total. The van der Waals surface area contributed by atoms with Crippen LogP contribution in [-0.4, -0.2) is 55.1 Å². The first kappa shape index (κ1) is 16.3. The van der Waals surface area contributed by atoms with E-state index in [2.05, 4.69) is 30.7 Å². The Balaban J connectivity index is 2.03. The van der Waals surface area contributed by atoms with Gasteiger partial charge in [0, 0.05) is 12.1 Å². The molecule has 20 heavy (non-hydrogen) atoms. The van der Waals surface area contributed by atoms with Crippen LogP contribution in [0.5, 0.6) is 0 Å². The molecule has 0 radical (unpaired) electrons. The third kappa shape index (κ3) is 3.75. The van der Waals surface area contributed by atoms with Gasteiger partial charge in [-0.25, -0.2) is 0 Å². The topological polar surface area (TPSA) is 32.5 Å². The molecule has 2 aliphatic rings. The number of nitrogens with two attached hydrogens (primary N) is 1. The first-order valence-corrected chi connectivity index (χ1v) is 8.71. The molecule has 0 aromatic carbocycles. The second-order valence-electron chi connectivity index (χ2n) is 7.51. The van der Waals surface area contributed by atoms with Crippen LogP contribution in [0.4, 0.5) is 0 Å². The monoisotopic (exact) mass is 281 g/mol. The van der Waals surface area contributed by atoms with Gasteiger partial charge in [-0.15, -0.1) is 0 Å².